The van der Waals surface area contributed by atoms with Crippen molar-refractivity contribution in [1.29, 1.82) is 0 Å². The van der Waals surface area contributed by atoms with Crippen molar-refractivity contribution in [2.75, 3.05) is 11.6 Å². The average molecular weight is 357 g/mol. The highest BCUT2D eigenvalue weighted by Gasteiger charge is 2.24. The molecule has 0 fully saturated rings. The summed E-state index contributed by atoms with van der Waals surface area (Å²) >= 11 is 0. The Morgan fingerprint density at radius 3 is 2.15 bits per heavy atom. The zero-order valence-corrected chi connectivity index (χ0v) is 16.4. The molecule has 0 spiro atoms. The molecule has 4 rings (SSSR count). The van der Waals surface area contributed by atoms with Crippen molar-refractivity contribution in [3.05, 3.63) is 95.1 Å². The lowest BCUT2D eigenvalue weighted by molar-refractivity contribution is 0.289. The standard InChI is InChI=1S/C25H27NO/c1-4-19-9-11-21(12-10-19)25(2,3)22-13-15-23(16-14-22)26-17-20-7-5-6-8-24(20)27-18-26/h5-16H,4,17-18H2,1-3H3. The molecule has 0 saturated heterocycles. The van der Waals surface area contributed by atoms with Crippen molar-refractivity contribution in [3.8, 4) is 5.75 Å². The molecule has 0 amide bonds. The van der Waals surface area contributed by atoms with Crippen LogP contribution in [0, 0.1) is 0 Å². The number of rotatable bonds is 4. The van der Waals surface area contributed by atoms with E-state index in [2.05, 4.69) is 86.3 Å². The van der Waals surface area contributed by atoms with Crippen LogP contribution in [0.3, 0.4) is 0 Å². The van der Waals surface area contributed by atoms with Gasteiger partial charge in [0.2, 0.25) is 0 Å². The van der Waals surface area contributed by atoms with Crippen LogP contribution in [0.5, 0.6) is 5.75 Å². The minimum Gasteiger partial charge on any atom is -0.473 e. The highest BCUT2D eigenvalue weighted by atomic mass is 16.5. The lowest BCUT2D eigenvalue weighted by Gasteiger charge is -2.32. The van der Waals surface area contributed by atoms with Gasteiger partial charge >= 0.3 is 0 Å². The smallest absolute Gasteiger partial charge is 0.161 e. The molecule has 0 N–H and O–H groups in total. The van der Waals surface area contributed by atoms with Gasteiger partial charge in [-0.05, 0) is 41.3 Å². The fourth-order valence-electron chi connectivity index (χ4n) is 3.75. The maximum Gasteiger partial charge on any atom is 0.161 e. The normalized spacial score (nSPS) is 13.8. The van der Waals surface area contributed by atoms with Gasteiger partial charge in [-0.1, -0.05) is 75.4 Å². The summed E-state index contributed by atoms with van der Waals surface area (Å²) in [6.07, 6.45) is 1.08. The van der Waals surface area contributed by atoms with E-state index in [1.807, 2.05) is 12.1 Å². The average Bonchev–Trinajstić information content (AvgIpc) is 2.73. The number of ether oxygens (including phenoxy) is 1. The third-order valence-electron chi connectivity index (χ3n) is 5.75. The Labute approximate surface area is 162 Å². The van der Waals surface area contributed by atoms with Gasteiger partial charge in [0.15, 0.2) is 6.73 Å². The van der Waals surface area contributed by atoms with E-state index in [1.165, 1.54) is 27.9 Å². The van der Waals surface area contributed by atoms with Crippen molar-refractivity contribution < 1.29 is 4.74 Å². The van der Waals surface area contributed by atoms with Crippen LogP contribution >= 0.6 is 0 Å². The topological polar surface area (TPSA) is 12.5 Å². The summed E-state index contributed by atoms with van der Waals surface area (Å²) in [6.45, 7) is 8.27. The molecular formula is C25H27NO. The second-order valence-electron chi connectivity index (χ2n) is 7.80. The van der Waals surface area contributed by atoms with E-state index >= 15 is 0 Å². The number of anilines is 1. The fourth-order valence-corrected chi connectivity index (χ4v) is 3.75. The Bertz CT molecular complexity index is 910. The Kier molecular flexibility index (Phi) is 4.65. The number of nitrogens with zero attached hydrogens (tertiary/aromatic N) is 1. The summed E-state index contributed by atoms with van der Waals surface area (Å²) in [6, 6.07) is 26.2. The van der Waals surface area contributed by atoms with Crippen molar-refractivity contribution in [2.45, 2.75) is 39.2 Å². The van der Waals surface area contributed by atoms with Gasteiger partial charge in [0, 0.05) is 23.2 Å². The molecule has 2 nitrogen and oxygen atoms in total. The molecule has 3 aromatic rings. The van der Waals surface area contributed by atoms with Gasteiger partial charge in [0.25, 0.3) is 0 Å². The fraction of sp³-hybridized carbons (Fsp3) is 0.280. The van der Waals surface area contributed by atoms with E-state index < -0.39 is 0 Å². The molecule has 0 atom stereocenters. The maximum atomic E-state index is 5.91. The van der Waals surface area contributed by atoms with Gasteiger partial charge in [0.1, 0.15) is 5.75 Å². The first kappa shape index (κ1) is 17.7. The predicted octanol–water partition coefficient (Wildman–Crippen LogP) is 5.93. The Hall–Kier alpha value is -2.74. The summed E-state index contributed by atoms with van der Waals surface area (Å²) in [7, 11) is 0. The molecule has 1 heterocycles. The quantitative estimate of drug-likeness (QED) is 0.574. The van der Waals surface area contributed by atoms with E-state index in [9.17, 15) is 0 Å². The van der Waals surface area contributed by atoms with Crippen molar-refractivity contribution >= 4 is 5.69 Å². The number of fused-ring (bicyclic) bond motifs is 1. The largest absolute Gasteiger partial charge is 0.473 e. The monoisotopic (exact) mass is 357 g/mol. The zero-order valence-electron chi connectivity index (χ0n) is 16.4. The van der Waals surface area contributed by atoms with Crippen LogP contribution in [0.15, 0.2) is 72.8 Å². The van der Waals surface area contributed by atoms with Crippen LogP contribution in [0.25, 0.3) is 0 Å². The first-order valence-corrected chi connectivity index (χ1v) is 9.73. The first-order chi connectivity index (χ1) is 13.1. The Morgan fingerprint density at radius 2 is 1.48 bits per heavy atom. The van der Waals surface area contributed by atoms with Gasteiger partial charge in [-0.15, -0.1) is 0 Å². The molecule has 2 heteroatoms. The molecule has 1 aliphatic heterocycles. The second-order valence-corrected chi connectivity index (χ2v) is 7.80. The molecule has 0 aliphatic carbocycles. The Balaban J connectivity index is 1.55. The molecular weight excluding hydrogens is 330 g/mol. The minimum atomic E-state index is -0.0181. The lowest BCUT2D eigenvalue weighted by Crippen LogP contribution is -2.31. The van der Waals surface area contributed by atoms with E-state index in [-0.39, 0.29) is 5.41 Å². The first-order valence-electron chi connectivity index (χ1n) is 9.73. The van der Waals surface area contributed by atoms with E-state index in [0.29, 0.717) is 6.73 Å². The molecule has 0 unspecified atom stereocenters. The molecule has 0 radical (unpaired) electrons. The van der Waals surface area contributed by atoms with E-state index in [4.69, 9.17) is 4.74 Å². The van der Waals surface area contributed by atoms with E-state index in [0.717, 1.165) is 18.7 Å². The maximum absolute atomic E-state index is 5.91. The zero-order chi connectivity index (χ0) is 18.9. The summed E-state index contributed by atoms with van der Waals surface area (Å²) in [5, 5.41) is 0. The van der Waals surface area contributed by atoms with Gasteiger partial charge in [-0.3, -0.25) is 0 Å². The summed E-state index contributed by atoms with van der Waals surface area (Å²) in [4.78, 5) is 2.27. The number of para-hydroxylation sites is 1. The predicted molar refractivity (Wildman–Crippen MR) is 113 cm³/mol. The van der Waals surface area contributed by atoms with Gasteiger partial charge in [-0.25, -0.2) is 0 Å². The van der Waals surface area contributed by atoms with Crippen LogP contribution in [-0.2, 0) is 18.4 Å². The number of hydrogen-bond acceptors (Lipinski definition) is 2. The number of benzene rings is 3. The van der Waals surface area contributed by atoms with Crippen LogP contribution in [-0.4, -0.2) is 6.73 Å². The Morgan fingerprint density at radius 1 is 0.852 bits per heavy atom. The summed E-state index contributed by atoms with van der Waals surface area (Å²) in [5.41, 5.74) is 6.48. The van der Waals surface area contributed by atoms with E-state index in [1.54, 1.807) is 0 Å². The highest BCUT2D eigenvalue weighted by molar-refractivity contribution is 5.52. The van der Waals surface area contributed by atoms with Crippen LogP contribution in [0.1, 0.15) is 43.0 Å². The van der Waals surface area contributed by atoms with Crippen molar-refractivity contribution in [1.82, 2.24) is 0 Å². The minimum absolute atomic E-state index is 0.0181. The molecule has 0 bridgehead atoms. The number of aryl methyl sites for hydroxylation is 1. The van der Waals surface area contributed by atoms with Crippen molar-refractivity contribution in [2.24, 2.45) is 0 Å². The molecule has 0 aromatic heterocycles. The molecule has 138 valence electrons. The number of hydrogen-bond donors (Lipinski definition) is 0. The molecule has 1 aliphatic rings. The summed E-state index contributed by atoms with van der Waals surface area (Å²) in [5.74, 6) is 1.00. The van der Waals surface area contributed by atoms with Crippen LogP contribution in [0.2, 0.25) is 0 Å². The molecule has 3 aromatic carbocycles. The van der Waals surface area contributed by atoms with Gasteiger partial charge < -0.3 is 9.64 Å². The lowest BCUT2D eigenvalue weighted by atomic mass is 9.78. The van der Waals surface area contributed by atoms with Crippen molar-refractivity contribution in [3.63, 3.8) is 0 Å². The third-order valence-corrected chi connectivity index (χ3v) is 5.75. The van der Waals surface area contributed by atoms with Gasteiger partial charge in [0.05, 0.1) is 0 Å². The SMILES string of the molecule is CCc1ccc(C(C)(C)c2ccc(N3COc4ccccc4C3)cc2)cc1. The van der Waals surface area contributed by atoms with Gasteiger partial charge in [-0.2, -0.15) is 0 Å². The van der Waals surface area contributed by atoms with Crippen LogP contribution < -0.4 is 9.64 Å². The highest BCUT2D eigenvalue weighted by Crippen LogP contribution is 2.34. The third kappa shape index (κ3) is 3.44. The molecule has 27 heavy (non-hydrogen) atoms. The summed E-state index contributed by atoms with van der Waals surface area (Å²) < 4.78 is 5.91. The second kappa shape index (κ2) is 7.11. The van der Waals surface area contributed by atoms with Crippen LogP contribution in [0.4, 0.5) is 5.69 Å². The molecule has 0 saturated carbocycles.